The van der Waals surface area contributed by atoms with Crippen molar-refractivity contribution in [3.63, 3.8) is 0 Å². The zero-order valence-electron chi connectivity index (χ0n) is 27.4. The van der Waals surface area contributed by atoms with Gasteiger partial charge in [-0.1, -0.05) is 129 Å². The molecular formula is C47H33NS. The molecule has 0 amide bonds. The highest BCUT2D eigenvalue weighted by Gasteiger charge is 2.36. The maximum atomic E-state index is 2.42. The monoisotopic (exact) mass is 643 g/mol. The Morgan fingerprint density at radius 1 is 0.469 bits per heavy atom. The lowest BCUT2D eigenvalue weighted by Gasteiger charge is -2.27. The molecule has 0 radical (unpaired) electrons. The second kappa shape index (κ2) is 10.7. The van der Waals surface area contributed by atoms with E-state index in [1.165, 1.54) is 80.8 Å². The maximum Gasteiger partial charge on any atom is 0.0546 e. The van der Waals surface area contributed by atoms with Crippen molar-refractivity contribution in [3.05, 3.63) is 175 Å². The summed E-state index contributed by atoms with van der Waals surface area (Å²) in [7, 11) is 0. The second-order valence-electron chi connectivity index (χ2n) is 13.7. The van der Waals surface area contributed by atoms with E-state index in [-0.39, 0.29) is 5.41 Å². The summed E-state index contributed by atoms with van der Waals surface area (Å²) in [5.41, 5.74) is 11.5. The van der Waals surface area contributed by atoms with E-state index in [0.29, 0.717) is 0 Å². The highest BCUT2D eigenvalue weighted by atomic mass is 32.1. The molecule has 1 nitrogen and oxygen atoms in total. The number of rotatable bonds is 4. The van der Waals surface area contributed by atoms with E-state index >= 15 is 0 Å². The molecule has 0 saturated carbocycles. The number of fused-ring (bicyclic) bond motifs is 10. The highest BCUT2D eigenvalue weighted by Crippen LogP contribution is 2.54. The zero-order chi connectivity index (χ0) is 32.7. The summed E-state index contributed by atoms with van der Waals surface area (Å²) in [5.74, 6) is 0. The van der Waals surface area contributed by atoms with Crippen molar-refractivity contribution in [2.24, 2.45) is 0 Å². The van der Waals surface area contributed by atoms with Crippen LogP contribution in [0.25, 0.3) is 64.0 Å². The molecule has 2 heteroatoms. The van der Waals surface area contributed by atoms with Gasteiger partial charge in [-0.05, 0) is 98.1 Å². The molecule has 0 fully saturated rings. The first-order valence-electron chi connectivity index (χ1n) is 17.0. The Balaban J connectivity index is 1.12. The fraction of sp³-hybridized carbons (Fsp3) is 0.0638. The van der Waals surface area contributed by atoms with Gasteiger partial charge in [0.2, 0.25) is 0 Å². The quantitative estimate of drug-likeness (QED) is 0.173. The van der Waals surface area contributed by atoms with Crippen LogP contribution in [0.2, 0.25) is 0 Å². The van der Waals surface area contributed by atoms with Crippen LogP contribution in [-0.2, 0) is 5.41 Å². The molecule has 0 aliphatic heterocycles. The average molecular weight is 644 g/mol. The summed E-state index contributed by atoms with van der Waals surface area (Å²) in [6.45, 7) is 4.73. The predicted octanol–water partition coefficient (Wildman–Crippen LogP) is 13.8. The summed E-state index contributed by atoms with van der Waals surface area (Å²) >= 11 is 1.90. The maximum absolute atomic E-state index is 2.42. The SMILES string of the molecule is CC1(C)c2ccccc2-c2c1ccc1sc3ccc(-c4ccc(N(c5ccccc5)c5cc6ccccc6c6ccccc56)cc4)cc3c21. The van der Waals surface area contributed by atoms with Crippen LogP contribution in [0.4, 0.5) is 17.1 Å². The van der Waals surface area contributed by atoms with Crippen LogP contribution >= 0.6 is 11.3 Å². The standard InChI is InChI=1S/C47H33NS/c1-47(2)40-19-11-10-18-38(40)45-41(47)25-27-44-46(45)39-28-31(22-26-43(39)49-44)30-20-23-34(24-21-30)48(33-13-4-3-5-14-33)42-29-32-12-6-7-15-35(32)36-16-8-9-17-37(36)42/h3-29H,1-2H3. The Morgan fingerprint density at radius 2 is 1.12 bits per heavy atom. The number of para-hydroxylation sites is 1. The van der Waals surface area contributed by atoms with Crippen molar-refractivity contribution in [3.8, 4) is 22.3 Å². The number of hydrogen-bond donors (Lipinski definition) is 0. The fourth-order valence-corrected chi connectivity index (χ4v) is 9.36. The highest BCUT2D eigenvalue weighted by molar-refractivity contribution is 7.26. The van der Waals surface area contributed by atoms with Crippen molar-refractivity contribution in [1.29, 1.82) is 0 Å². The summed E-state index contributed by atoms with van der Waals surface area (Å²) in [6.07, 6.45) is 0. The van der Waals surface area contributed by atoms with Crippen molar-refractivity contribution in [2.45, 2.75) is 19.3 Å². The summed E-state index contributed by atoms with van der Waals surface area (Å²) < 4.78 is 2.69. The molecule has 1 aromatic heterocycles. The molecule has 0 N–H and O–H groups in total. The van der Waals surface area contributed by atoms with E-state index in [0.717, 1.165) is 11.4 Å². The largest absolute Gasteiger partial charge is 0.310 e. The smallest absolute Gasteiger partial charge is 0.0546 e. The van der Waals surface area contributed by atoms with Crippen LogP contribution in [0.1, 0.15) is 25.0 Å². The van der Waals surface area contributed by atoms with Gasteiger partial charge in [0, 0.05) is 42.3 Å². The molecule has 10 rings (SSSR count). The van der Waals surface area contributed by atoms with Gasteiger partial charge >= 0.3 is 0 Å². The minimum absolute atomic E-state index is 0.0111. The number of hydrogen-bond acceptors (Lipinski definition) is 2. The van der Waals surface area contributed by atoms with Crippen molar-refractivity contribution in [1.82, 2.24) is 0 Å². The van der Waals surface area contributed by atoms with Gasteiger partial charge in [-0.3, -0.25) is 0 Å². The van der Waals surface area contributed by atoms with Gasteiger partial charge in [-0.15, -0.1) is 11.3 Å². The first-order chi connectivity index (χ1) is 24.1. The molecule has 232 valence electrons. The molecular weight excluding hydrogens is 611 g/mol. The number of nitrogens with zero attached hydrogens (tertiary/aromatic N) is 1. The number of thiophene rings is 1. The van der Waals surface area contributed by atoms with Crippen LogP contribution in [0.15, 0.2) is 164 Å². The van der Waals surface area contributed by atoms with Gasteiger partial charge in [0.15, 0.2) is 0 Å². The molecule has 8 aromatic carbocycles. The summed E-state index contributed by atoms with van der Waals surface area (Å²) in [4.78, 5) is 2.40. The third-order valence-electron chi connectivity index (χ3n) is 10.6. The second-order valence-corrected chi connectivity index (χ2v) is 14.8. The number of benzene rings is 8. The summed E-state index contributed by atoms with van der Waals surface area (Å²) in [5, 5.41) is 7.76. The molecule has 0 bridgehead atoms. The molecule has 0 unspecified atom stereocenters. The minimum atomic E-state index is -0.0111. The molecule has 1 aliphatic carbocycles. The molecule has 0 atom stereocenters. The molecule has 9 aromatic rings. The third kappa shape index (κ3) is 4.24. The molecule has 0 saturated heterocycles. The lowest BCUT2D eigenvalue weighted by molar-refractivity contribution is 0.661. The van der Waals surface area contributed by atoms with E-state index in [2.05, 4.69) is 183 Å². The lowest BCUT2D eigenvalue weighted by atomic mass is 9.82. The van der Waals surface area contributed by atoms with Gasteiger partial charge in [0.1, 0.15) is 0 Å². The third-order valence-corrected chi connectivity index (χ3v) is 11.8. The Hall–Kier alpha value is -5.70. The van der Waals surface area contributed by atoms with Gasteiger partial charge in [-0.2, -0.15) is 0 Å². The Kier molecular flexibility index (Phi) is 6.16. The molecule has 1 heterocycles. The van der Waals surface area contributed by atoms with Crippen molar-refractivity contribution in [2.75, 3.05) is 4.90 Å². The van der Waals surface area contributed by atoms with Crippen molar-refractivity contribution >= 4 is 70.1 Å². The summed E-state index contributed by atoms with van der Waals surface area (Å²) in [6, 6.07) is 60.4. The van der Waals surface area contributed by atoms with Crippen LogP contribution in [-0.4, -0.2) is 0 Å². The Bertz CT molecular complexity index is 2730. The van der Waals surface area contributed by atoms with E-state index in [1.54, 1.807) is 0 Å². The van der Waals surface area contributed by atoms with E-state index < -0.39 is 0 Å². The topological polar surface area (TPSA) is 3.24 Å². The van der Waals surface area contributed by atoms with Crippen LogP contribution in [0.5, 0.6) is 0 Å². The molecule has 0 spiro atoms. The van der Waals surface area contributed by atoms with Gasteiger partial charge in [0.05, 0.1) is 5.69 Å². The van der Waals surface area contributed by atoms with Gasteiger partial charge in [0.25, 0.3) is 0 Å². The fourth-order valence-electron chi connectivity index (χ4n) is 8.27. The molecule has 49 heavy (non-hydrogen) atoms. The zero-order valence-corrected chi connectivity index (χ0v) is 28.3. The van der Waals surface area contributed by atoms with Crippen LogP contribution in [0, 0.1) is 0 Å². The van der Waals surface area contributed by atoms with Gasteiger partial charge < -0.3 is 4.90 Å². The first kappa shape index (κ1) is 28.3. The van der Waals surface area contributed by atoms with E-state index in [4.69, 9.17) is 0 Å². The number of anilines is 3. The lowest BCUT2D eigenvalue weighted by Crippen LogP contribution is -2.14. The van der Waals surface area contributed by atoms with Crippen LogP contribution in [0.3, 0.4) is 0 Å². The predicted molar refractivity (Wildman–Crippen MR) is 212 cm³/mol. The van der Waals surface area contributed by atoms with Gasteiger partial charge in [-0.25, -0.2) is 0 Å². The van der Waals surface area contributed by atoms with Crippen molar-refractivity contribution < 1.29 is 0 Å². The normalized spacial score (nSPS) is 13.3. The van der Waals surface area contributed by atoms with E-state index in [1.807, 2.05) is 11.3 Å². The Labute approximate surface area is 290 Å². The average Bonchev–Trinajstić information content (AvgIpc) is 3.64. The first-order valence-corrected chi connectivity index (χ1v) is 17.8. The van der Waals surface area contributed by atoms with E-state index in [9.17, 15) is 0 Å². The molecule has 1 aliphatic rings. The minimum Gasteiger partial charge on any atom is -0.310 e. The van der Waals surface area contributed by atoms with Crippen LogP contribution < -0.4 is 4.90 Å². The Morgan fingerprint density at radius 3 is 1.96 bits per heavy atom.